The molecule has 0 bridgehead atoms. The third kappa shape index (κ3) is 4.34. The van der Waals surface area contributed by atoms with Crippen molar-refractivity contribution >= 4 is 5.91 Å². The van der Waals surface area contributed by atoms with E-state index in [2.05, 4.69) is 15.5 Å². The van der Waals surface area contributed by atoms with Gasteiger partial charge in [-0.25, -0.2) is 0 Å². The molecule has 0 unspecified atom stereocenters. The molecule has 1 amide bonds. The third-order valence-corrected chi connectivity index (χ3v) is 4.38. The van der Waals surface area contributed by atoms with Crippen LogP contribution < -0.4 is 10.1 Å². The Kier molecular flexibility index (Phi) is 5.54. The van der Waals surface area contributed by atoms with Gasteiger partial charge in [0, 0.05) is 11.1 Å². The summed E-state index contributed by atoms with van der Waals surface area (Å²) >= 11 is 0. The van der Waals surface area contributed by atoms with Crippen LogP contribution in [0, 0.1) is 20.8 Å². The van der Waals surface area contributed by atoms with Gasteiger partial charge in [-0.2, -0.15) is 4.98 Å². The van der Waals surface area contributed by atoms with Crippen LogP contribution in [0.3, 0.4) is 0 Å². The number of benzene rings is 2. The molecule has 2 aromatic carbocycles. The van der Waals surface area contributed by atoms with Crippen LogP contribution in [0.25, 0.3) is 11.4 Å². The van der Waals surface area contributed by atoms with Crippen molar-refractivity contribution in [1.82, 2.24) is 15.5 Å². The summed E-state index contributed by atoms with van der Waals surface area (Å²) < 4.78 is 10.7. The molecule has 0 aliphatic carbocycles. The van der Waals surface area contributed by atoms with Gasteiger partial charge in [0.25, 0.3) is 5.91 Å². The molecule has 6 heteroatoms. The number of aryl methyl sites for hydroxylation is 3. The zero-order valence-electron chi connectivity index (χ0n) is 16.0. The normalized spacial score (nSPS) is 10.7. The highest BCUT2D eigenvalue weighted by Crippen LogP contribution is 2.20. The molecule has 0 saturated heterocycles. The van der Waals surface area contributed by atoms with Crippen molar-refractivity contribution < 1.29 is 14.1 Å². The van der Waals surface area contributed by atoms with E-state index < -0.39 is 0 Å². The molecule has 0 saturated carbocycles. The van der Waals surface area contributed by atoms with Gasteiger partial charge in [-0.3, -0.25) is 4.79 Å². The molecule has 3 aromatic rings. The lowest BCUT2D eigenvalue weighted by atomic mass is 10.0. The van der Waals surface area contributed by atoms with Crippen LogP contribution in [-0.2, 0) is 6.54 Å². The molecule has 1 heterocycles. The minimum absolute atomic E-state index is 0.156. The van der Waals surface area contributed by atoms with Gasteiger partial charge >= 0.3 is 0 Å². The summed E-state index contributed by atoms with van der Waals surface area (Å²) in [6, 6.07) is 11.4. The Labute approximate surface area is 158 Å². The van der Waals surface area contributed by atoms with E-state index in [4.69, 9.17) is 9.26 Å². The Balaban J connectivity index is 1.66. The number of amides is 1. The summed E-state index contributed by atoms with van der Waals surface area (Å²) in [5, 5.41) is 6.82. The maximum Gasteiger partial charge on any atom is 0.251 e. The van der Waals surface area contributed by atoms with Crippen molar-refractivity contribution in [2.45, 2.75) is 34.2 Å². The molecule has 0 aliphatic heterocycles. The monoisotopic (exact) mass is 365 g/mol. The number of nitrogens with zero attached hydrogens (tertiary/aromatic N) is 2. The average molecular weight is 365 g/mol. The first-order chi connectivity index (χ1) is 13.0. The molecule has 1 N–H and O–H groups in total. The van der Waals surface area contributed by atoms with Crippen LogP contribution >= 0.6 is 0 Å². The van der Waals surface area contributed by atoms with Crippen LogP contribution in [0.1, 0.15) is 39.9 Å². The zero-order valence-corrected chi connectivity index (χ0v) is 16.0. The molecular weight excluding hydrogens is 342 g/mol. The minimum atomic E-state index is -0.156. The molecular formula is C21H23N3O3. The molecule has 3 rings (SSSR count). The lowest BCUT2D eigenvalue weighted by molar-refractivity contribution is 0.0945. The standard InChI is InChI=1S/C21H23N3O3/c1-5-26-17-8-6-16(7-9-17)20-23-19(27-24-20)12-22-21(25)18-11-14(3)13(2)10-15(18)4/h6-11H,5,12H2,1-4H3,(H,22,25). The van der Waals surface area contributed by atoms with E-state index in [9.17, 15) is 4.79 Å². The predicted octanol–water partition coefficient (Wildman–Crippen LogP) is 3.99. The molecule has 27 heavy (non-hydrogen) atoms. The first-order valence-electron chi connectivity index (χ1n) is 8.89. The lowest BCUT2D eigenvalue weighted by Gasteiger charge is -2.09. The number of carbonyl (C=O) groups is 1. The highest BCUT2D eigenvalue weighted by molar-refractivity contribution is 5.95. The SMILES string of the molecule is CCOc1ccc(-c2noc(CNC(=O)c3cc(C)c(C)cc3C)n2)cc1. The highest BCUT2D eigenvalue weighted by atomic mass is 16.5. The van der Waals surface area contributed by atoms with E-state index in [-0.39, 0.29) is 12.5 Å². The van der Waals surface area contributed by atoms with Crippen molar-refractivity contribution in [3.8, 4) is 17.1 Å². The van der Waals surface area contributed by atoms with E-state index in [1.54, 1.807) is 0 Å². The largest absolute Gasteiger partial charge is 0.494 e. The fraction of sp³-hybridized carbons (Fsp3) is 0.286. The summed E-state index contributed by atoms with van der Waals surface area (Å²) in [7, 11) is 0. The van der Waals surface area contributed by atoms with E-state index in [1.165, 1.54) is 5.56 Å². The second-order valence-electron chi connectivity index (χ2n) is 6.40. The van der Waals surface area contributed by atoms with E-state index in [0.29, 0.717) is 23.9 Å². The Hall–Kier alpha value is -3.15. The van der Waals surface area contributed by atoms with Gasteiger partial charge in [-0.15, -0.1) is 0 Å². The topological polar surface area (TPSA) is 77.3 Å². The van der Waals surface area contributed by atoms with E-state index in [1.807, 2.05) is 64.1 Å². The summed E-state index contributed by atoms with van der Waals surface area (Å²) in [5.41, 5.74) is 4.67. The van der Waals surface area contributed by atoms with Gasteiger partial charge in [0.05, 0.1) is 13.2 Å². The van der Waals surface area contributed by atoms with E-state index >= 15 is 0 Å². The molecule has 0 fully saturated rings. The highest BCUT2D eigenvalue weighted by Gasteiger charge is 2.13. The van der Waals surface area contributed by atoms with Crippen LogP contribution in [-0.4, -0.2) is 22.7 Å². The van der Waals surface area contributed by atoms with Crippen molar-refractivity contribution in [2.24, 2.45) is 0 Å². The van der Waals surface area contributed by atoms with Crippen LogP contribution in [0.4, 0.5) is 0 Å². The van der Waals surface area contributed by atoms with Gasteiger partial charge < -0.3 is 14.6 Å². The molecule has 0 aliphatic rings. The van der Waals surface area contributed by atoms with Crippen molar-refractivity contribution in [3.05, 3.63) is 64.5 Å². The average Bonchev–Trinajstić information content (AvgIpc) is 3.12. The molecule has 0 spiro atoms. The molecule has 1 aromatic heterocycles. The van der Waals surface area contributed by atoms with Crippen molar-refractivity contribution in [2.75, 3.05) is 6.61 Å². The zero-order chi connectivity index (χ0) is 19.4. The van der Waals surface area contributed by atoms with Crippen molar-refractivity contribution in [1.29, 1.82) is 0 Å². The van der Waals surface area contributed by atoms with Crippen molar-refractivity contribution in [3.63, 3.8) is 0 Å². The molecule has 0 radical (unpaired) electrons. The number of rotatable bonds is 6. The van der Waals surface area contributed by atoms with Gasteiger partial charge in [0.15, 0.2) is 0 Å². The summed E-state index contributed by atoms with van der Waals surface area (Å²) in [5.74, 6) is 1.47. The maximum absolute atomic E-state index is 12.5. The predicted molar refractivity (Wildman–Crippen MR) is 103 cm³/mol. The number of carbonyl (C=O) groups excluding carboxylic acids is 1. The number of aromatic nitrogens is 2. The smallest absolute Gasteiger partial charge is 0.251 e. The van der Waals surface area contributed by atoms with Crippen LogP contribution in [0.15, 0.2) is 40.9 Å². The summed E-state index contributed by atoms with van der Waals surface area (Å²) in [4.78, 5) is 16.8. The summed E-state index contributed by atoms with van der Waals surface area (Å²) in [6.07, 6.45) is 0. The minimum Gasteiger partial charge on any atom is -0.494 e. The van der Waals surface area contributed by atoms with Gasteiger partial charge in [-0.05, 0) is 74.7 Å². The molecule has 0 atom stereocenters. The Morgan fingerprint density at radius 1 is 1.07 bits per heavy atom. The second-order valence-corrected chi connectivity index (χ2v) is 6.40. The fourth-order valence-corrected chi connectivity index (χ4v) is 2.77. The van der Waals surface area contributed by atoms with E-state index in [0.717, 1.165) is 22.4 Å². The number of hydrogen-bond acceptors (Lipinski definition) is 5. The van der Waals surface area contributed by atoms with Gasteiger partial charge in [0.1, 0.15) is 5.75 Å². The first kappa shape index (κ1) is 18.6. The third-order valence-electron chi connectivity index (χ3n) is 4.38. The second kappa shape index (κ2) is 8.03. The number of ether oxygens (including phenoxy) is 1. The van der Waals surface area contributed by atoms with Crippen LogP contribution in [0.5, 0.6) is 5.75 Å². The lowest BCUT2D eigenvalue weighted by Crippen LogP contribution is -2.24. The van der Waals surface area contributed by atoms with Gasteiger partial charge in [0.2, 0.25) is 11.7 Å². The number of hydrogen-bond donors (Lipinski definition) is 1. The maximum atomic E-state index is 12.5. The molecule has 6 nitrogen and oxygen atoms in total. The Morgan fingerprint density at radius 3 is 2.48 bits per heavy atom. The Bertz CT molecular complexity index is 946. The number of nitrogens with one attached hydrogen (secondary N) is 1. The summed E-state index contributed by atoms with van der Waals surface area (Å²) in [6.45, 7) is 8.68. The fourth-order valence-electron chi connectivity index (χ4n) is 2.77. The molecule has 140 valence electrons. The Morgan fingerprint density at radius 2 is 1.78 bits per heavy atom. The quantitative estimate of drug-likeness (QED) is 0.715. The van der Waals surface area contributed by atoms with Gasteiger partial charge in [-0.1, -0.05) is 11.2 Å². The first-order valence-corrected chi connectivity index (χ1v) is 8.89. The van der Waals surface area contributed by atoms with Crippen LogP contribution in [0.2, 0.25) is 0 Å².